The smallest absolute Gasteiger partial charge is 0.0955 e. The predicted octanol–water partition coefficient (Wildman–Crippen LogP) is 6.62. The minimum Gasteiger partial charge on any atom is -0.375 e. The first-order valence-corrected chi connectivity index (χ1v) is 12.2. The fourth-order valence-electron chi connectivity index (χ4n) is 4.17. The summed E-state index contributed by atoms with van der Waals surface area (Å²) in [5, 5.41) is 0. The number of ether oxygens (including phenoxy) is 3. The monoisotopic (exact) mass is 461 g/mol. The molecule has 3 aromatic rings. The van der Waals surface area contributed by atoms with Gasteiger partial charge in [-0.15, -0.1) is 0 Å². The maximum atomic E-state index is 6.53. The molecule has 4 nitrogen and oxygen atoms in total. The number of methoxy groups -OCH3 is 2. The Hall–Kier alpha value is -2.50. The maximum absolute atomic E-state index is 6.53. The Labute approximate surface area is 205 Å². The van der Waals surface area contributed by atoms with Crippen molar-refractivity contribution in [3.8, 4) is 0 Å². The van der Waals surface area contributed by atoms with Crippen LogP contribution in [0.25, 0.3) is 0 Å². The van der Waals surface area contributed by atoms with E-state index < -0.39 is 0 Å². The van der Waals surface area contributed by atoms with Crippen LogP contribution in [0.15, 0.2) is 91.0 Å². The molecule has 0 fully saturated rings. The molecule has 0 heterocycles. The van der Waals surface area contributed by atoms with Gasteiger partial charge in [0.1, 0.15) is 0 Å². The standard InChI is InChI=1S/C30H39NO3/c1-5-24(2)34-30(27-19-13-8-14-20-27)23-31(21-28(32-3)25-15-9-6-10-16-25)22-29(33-4)26-17-11-7-12-18-26/h6-20,24,28-30H,5,21-23H2,1-4H3/t24?,28-,29-,30-/m0/s1. The van der Waals surface area contributed by atoms with Crippen molar-refractivity contribution >= 4 is 0 Å². The van der Waals surface area contributed by atoms with E-state index in [1.54, 1.807) is 14.2 Å². The fraction of sp³-hybridized carbons (Fsp3) is 0.400. The van der Waals surface area contributed by atoms with Crippen LogP contribution in [-0.4, -0.2) is 44.9 Å². The lowest BCUT2D eigenvalue weighted by atomic mass is 10.0. The summed E-state index contributed by atoms with van der Waals surface area (Å²) in [5.41, 5.74) is 3.53. The molecule has 0 N–H and O–H groups in total. The average molecular weight is 462 g/mol. The summed E-state index contributed by atoms with van der Waals surface area (Å²) in [7, 11) is 3.57. The van der Waals surface area contributed by atoms with Crippen LogP contribution in [0.4, 0.5) is 0 Å². The molecule has 0 aromatic heterocycles. The van der Waals surface area contributed by atoms with Crippen molar-refractivity contribution in [2.45, 2.75) is 44.7 Å². The number of rotatable bonds is 14. The van der Waals surface area contributed by atoms with E-state index in [0.29, 0.717) is 0 Å². The highest BCUT2D eigenvalue weighted by Crippen LogP contribution is 2.27. The van der Waals surface area contributed by atoms with Gasteiger partial charge in [-0.3, -0.25) is 4.90 Å². The summed E-state index contributed by atoms with van der Waals surface area (Å²) < 4.78 is 18.4. The lowest BCUT2D eigenvalue weighted by Crippen LogP contribution is -2.38. The number of nitrogens with zero attached hydrogens (tertiary/aromatic N) is 1. The van der Waals surface area contributed by atoms with E-state index in [-0.39, 0.29) is 24.4 Å². The summed E-state index contributed by atoms with van der Waals surface area (Å²) in [6.45, 7) is 6.52. The third-order valence-electron chi connectivity index (χ3n) is 6.33. The van der Waals surface area contributed by atoms with Crippen molar-refractivity contribution in [3.05, 3.63) is 108 Å². The number of hydrogen-bond donors (Lipinski definition) is 0. The number of benzene rings is 3. The molecular weight excluding hydrogens is 422 g/mol. The lowest BCUT2D eigenvalue weighted by molar-refractivity contribution is -0.0430. The molecule has 0 saturated carbocycles. The molecule has 0 aliphatic carbocycles. The second-order valence-electron chi connectivity index (χ2n) is 8.74. The molecule has 4 atom stereocenters. The first-order valence-electron chi connectivity index (χ1n) is 12.2. The first-order chi connectivity index (χ1) is 16.6. The minimum absolute atomic E-state index is 0.0438. The Morgan fingerprint density at radius 3 is 1.29 bits per heavy atom. The van der Waals surface area contributed by atoms with Gasteiger partial charge in [-0.25, -0.2) is 0 Å². The average Bonchev–Trinajstić information content (AvgIpc) is 2.90. The van der Waals surface area contributed by atoms with Gasteiger partial charge in [0.15, 0.2) is 0 Å². The van der Waals surface area contributed by atoms with Crippen molar-refractivity contribution in [1.29, 1.82) is 0 Å². The molecule has 3 aromatic carbocycles. The molecular formula is C30H39NO3. The van der Waals surface area contributed by atoms with Crippen LogP contribution in [0.2, 0.25) is 0 Å². The van der Waals surface area contributed by atoms with Gasteiger partial charge >= 0.3 is 0 Å². The van der Waals surface area contributed by atoms with Gasteiger partial charge in [0.25, 0.3) is 0 Å². The third kappa shape index (κ3) is 7.78. The van der Waals surface area contributed by atoms with E-state index in [1.807, 2.05) is 18.2 Å². The zero-order valence-electron chi connectivity index (χ0n) is 21.0. The molecule has 0 aliphatic heterocycles. The van der Waals surface area contributed by atoms with E-state index in [1.165, 1.54) is 16.7 Å². The van der Waals surface area contributed by atoms with Crippen LogP contribution in [0.1, 0.15) is 55.3 Å². The molecule has 4 heteroatoms. The summed E-state index contributed by atoms with van der Waals surface area (Å²) in [6.07, 6.45) is 1.01. The zero-order chi connectivity index (χ0) is 24.2. The van der Waals surface area contributed by atoms with Crippen LogP contribution in [0, 0.1) is 0 Å². The molecule has 34 heavy (non-hydrogen) atoms. The summed E-state index contributed by atoms with van der Waals surface area (Å²) >= 11 is 0. The quantitative estimate of drug-likeness (QED) is 0.270. The molecule has 3 rings (SSSR count). The van der Waals surface area contributed by atoms with Crippen molar-refractivity contribution in [3.63, 3.8) is 0 Å². The van der Waals surface area contributed by atoms with Crippen molar-refractivity contribution in [1.82, 2.24) is 4.90 Å². The normalized spacial score (nSPS) is 15.1. The van der Waals surface area contributed by atoms with Gasteiger partial charge in [-0.1, -0.05) is 97.9 Å². The van der Waals surface area contributed by atoms with Gasteiger partial charge in [0, 0.05) is 33.9 Å². The fourth-order valence-corrected chi connectivity index (χ4v) is 4.17. The van der Waals surface area contributed by atoms with Crippen molar-refractivity contribution in [2.24, 2.45) is 0 Å². The van der Waals surface area contributed by atoms with Gasteiger partial charge < -0.3 is 14.2 Å². The van der Waals surface area contributed by atoms with Crippen LogP contribution in [0.3, 0.4) is 0 Å². The Morgan fingerprint density at radius 2 is 0.941 bits per heavy atom. The predicted molar refractivity (Wildman–Crippen MR) is 139 cm³/mol. The lowest BCUT2D eigenvalue weighted by Gasteiger charge is -2.34. The highest BCUT2D eigenvalue weighted by atomic mass is 16.5. The van der Waals surface area contributed by atoms with E-state index in [2.05, 4.69) is 91.5 Å². The van der Waals surface area contributed by atoms with E-state index >= 15 is 0 Å². The van der Waals surface area contributed by atoms with Crippen LogP contribution < -0.4 is 0 Å². The van der Waals surface area contributed by atoms with Crippen LogP contribution in [0.5, 0.6) is 0 Å². The van der Waals surface area contributed by atoms with Gasteiger partial charge in [-0.05, 0) is 30.0 Å². The third-order valence-corrected chi connectivity index (χ3v) is 6.33. The molecule has 0 saturated heterocycles. The van der Waals surface area contributed by atoms with Crippen molar-refractivity contribution in [2.75, 3.05) is 33.9 Å². The molecule has 182 valence electrons. The van der Waals surface area contributed by atoms with Gasteiger partial charge in [0.05, 0.1) is 24.4 Å². The summed E-state index contributed by atoms with van der Waals surface area (Å²) in [4.78, 5) is 2.42. The number of hydrogen-bond acceptors (Lipinski definition) is 4. The Morgan fingerprint density at radius 1 is 0.588 bits per heavy atom. The van der Waals surface area contributed by atoms with E-state index in [0.717, 1.165) is 26.1 Å². The highest BCUT2D eigenvalue weighted by molar-refractivity contribution is 5.21. The maximum Gasteiger partial charge on any atom is 0.0955 e. The second-order valence-corrected chi connectivity index (χ2v) is 8.74. The second kappa shape index (κ2) is 14.0. The first kappa shape index (κ1) is 26.1. The van der Waals surface area contributed by atoms with Crippen LogP contribution in [-0.2, 0) is 14.2 Å². The highest BCUT2D eigenvalue weighted by Gasteiger charge is 2.25. The largest absolute Gasteiger partial charge is 0.375 e. The summed E-state index contributed by atoms with van der Waals surface area (Å²) in [5.74, 6) is 0. The Bertz CT molecular complexity index is 870. The minimum atomic E-state index is -0.0468. The molecule has 0 amide bonds. The topological polar surface area (TPSA) is 30.9 Å². The van der Waals surface area contributed by atoms with Crippen LogP contribution >= 0.6 is 0 Å². The zero-order valence-corrected chi connectivity index (χ0v) is 21.0. The van der Waals surface area contributed by atoms with Gasteiger partial charge in [-0.2, -0.15) is 0 Å². The molecule has 1 unspecified atom stereocenters. The van der Waals surface area contributed by atoms with Gasteiger partial charge in [0.2, 0.25) is 0 Å². The van der Waals surface area contributed by atoms with E-state index in [9.17, 15) is 0 Å². The SMILES string of the molecule is CCC(C)O[C@@H](CN(C[C@H](OC)c1ccccc1)C[C@H](OC)c1ccccc1)c1ccccc1. The van der Waals surface area contributed by atoms with Crippen molar-refractivity contribution < 1.29 is 14.2 Å². The summed E-state index contributed by atoms with van der Waals surface area (Å²) in [6, 6.07) is 31.3. The molecule has 0 aliphatic rings. The molecule has 0 bridgehead atoms. The Kier molecular flexibility index (Phi) is 10.8. The molecule has 0 spiro atoms. The Balaban J connectivity index is 1.88. The molecule has 0 radical (unpaired) electrons. The van der Waals surface area contributed by atoms with E-state index in [4.69, 9.17) is 14.2 Å².